The first-order valence-electron chi connectivity index (χ1n) is 5.74. The summed E-state index contributed by atoms with van der Waals surface area (Å²) in [5.74, 6) is 0. The normalized spacial score (nSPS) is 20.8. The summed E-state index contributed by atoms with van der Waals surface area (Å²) in [7, 11) is 2.10. The van der Waals surface area contributed by atoms with E-state index >= 15 is 0 Å². The van der Waals surface area contributed by atoms with Gasteiger partial charge in [0, 0.05) is 30.9 Å². The van der Waals surface area contributed by atoms with Crippen LogP contribution in [0.3, 0.4) is 0 Å². The molecule has 0 amide bonds. The lowest BCUT2D eigenvalue weighted by molar-refractivity contribution is 0.195. The van der Waals surface area contributed by atoms with E-state index < -0.39 is 0 Å². The minimum atomic E-state index is 0.195. The highest BCUT2D eigenvalue weighted by Gasteiger charge is 2.18. The molecule has 2 heterocycles. The van der Waals surface area contributed by atoms with Crippen LogP contribution < -0.4 is 5.32 Å². The molecule has 1 aliphatic rings. The third kappa shape index (κ3) is 3.52. The van der Waals surface area contributed by atoms with Crippen LogP contribution in [0.1, 0.15) is 18.4 Å². The first kappa shape index (κ1) is 13.0. The molecule has 0 aromatic carbocycles. The van der Waals surface area contributed by atoms with E-state index in [0.29, 0.717) is 11.2 Å². The van der Waals surface area contributed by atoms with Gasteiger partial charge in [-0.3, -0.25) is 4.90 Å². The molecule has 1 N–H and O–H groups in total. The predicted molar refractivity (Wildman–Crippen MR) is 69.4 cm³/mol. The topological polar surface area (TPSA) is 41.1 Å². The van der Waals surface area contributed by atoms with Gasteiger partial charge >= 0.3 is 0 Å². The number of likely N-dealkylation sites (N-methyl/N-ethyl adjacent to an activating group) is 1. The summed E-state index contributed by atoms with van der Waals surface area (Å²) in [5.41, 5.74) is 0.921. The average Bonchev–Trinajstić information content (AvgIpc) is 2.34. The Hall–Kier alpha value is -0.420. The molecule has 1 atom stereocenters. The molecule has 0 spiro atoms. The van der Waals surface area contributed by atoms with Gasteiger partial charge in [-0.05, 0) is 38.0 Å². The second kappa shape index (κ2) is 5.96. The van der Waals surface area contributed by atoms with Gasteiger partial charge in [-0.2, -0.15) is 0 Å². The van der Waals surface area contributed by atoms with Gasteiger partial charge in [0.05, 0.1) is 0 Å². The number of hydrogen-bond donors (Lipinski definition) is 1. The van der Waals surface area contributed by atoms with Crippen LogP contribution in [0.25, 0.3) is 0 Å². The second-order valence-corrected chi connectivity index (χ2v) is 5.07. The minimum Gasteiger partial charge on any atom is -0.315 e. The summed E-state index contributed by atoms with van der Waals surface area (Å²) in [4.78, 5) is 10.2. The highest BCUT2D eigenvalue weighted by Crippen LogP contribution is 2.18. The molecule has 0 aliphatic carbocycles. The Morgan fingerprint density at radius 2 is 2.35 bits per heavy atom. The van der Waals surface area contributed by atoms with Crippen molar-refractivity contribution in [3.8, 4) is 0 Å². The Morgan fingerprint density at radius 3 is 3.00 bits per heavy atom. The zero-order valence-corrected chi connectivity index (χ0v) is 11.3. The van der Waals surface area contributed by atoms with Gasteiger partial charge in [-0.15, -0.1) is 0 Å². The van der Waals surface area contributed by atoms with E-state index in [1.165, 1.54) is 12.8 Å². The standard InChI is InChI=1S/C11H16Cl2N4/c1-17(9-3-2-4-14-6-9)7-8-5-15-11(13)16-10(8)12/h5,9,14H,2-4,6-7H2,1H3. The highest BCUT2D eigenvalue weighted by molar-refractivity contribution is 6.32. The summed E-state index contributed by atoms with van der Waals surface area (Å²) in [6.07, 6.45) is 4.14. The van der Waals surface area contributed by atoms with Crippen LogP contribution in [0.2, 0.25) is 10.4 Å². The van der Waals surface area contributed by atoms with Crippen LogP contribution in [-0.4, -0.2) is 41.0 Å². The molecule has 1 aromatic heterocycles. The quantitative estimate of drug-likeness (QED) is 0.676. The van der Waals surface area contributed by atoms with Gasteiger partial charge in [0.25, 0.3) is 0 Å². The Balaban J connectivity index is 1.99. The van der Waals surface area contributed by atoms with E-state index in [-0.39, 0.29) is 5.28 Å². The number of rotatable bonds is 3. The molecular formula is C11H16Cl2N4. The number of piperidine rings is 1. The Kier molecular flexibility index (Phi) is 4.56. The lowest BCUT2D eigenvalue weighted by atomic mass is 10.1. The fourth-order valence-electron chi connectivity index (χ4n) is 2.08. The van der Waals surface area contributed by atoms with Crippen molar-refractivity contribution >= 4 is 23.2 Å². The average molecular weight is 275 g/mol. The lowest BCUT2D eigenvalue weighted by Gasteiger charge is -2.31. The van der Waals surface area contributed by atoms with Gasteiger partial charge in [-0.25, -0.2) is 9.97 Å². The molecule has 2 rings (SSSR count). The molecule has 94 valence electrons. The van der Waals surface area contributed by atoms with Crippen molar-refractivity contribution in [2.45, 2.75) is 25.4 Å². The SMILES string of the molecule is CN(Cc1cnc(Cl)nc1Cl)C1CCCNC1. The summed E-state index contributed by atoms with van der Waals surface area (Å²) in [5, 5.41) is 4.04. The maximum Gasteiger partial charge on any atom is 0.223 e. The van der Waals surface area contributed by atoms with Gasteiger partial charge < -0.3 is 5.32 Å². The molecule has 17 heavy (non-hydrogen) atoms. The summed E-state index contributed by atoms with van der Waals surface area (Å²) < 4.78 is 0. The molecule has 1 saturated heterocycles. The zero-order valence-electron chi connectivity index (χ0n) is 9.79. The fraction of sp³-hybridized carbons (Fsp3) is 0.636. The van der Waals surface area contributed by atoms with Crippen molar-refractivity contribution in [2.75, 3.05) is 20.1 Å². The molecule has 6 heteroatoms. The maximum absolute atomic E-state index is 6.03. The first-order chi connectivity index (χ1) is 8.16. The number of hydrogen-bond acceptors (Lipinski definition) is 4. The minimum absolute atomic E-state index is 0.195. The lowest BCUT2D eigenvalue weighted by Crippen LogP contribution is -2.43. The Labute approximate surface area is 111 Å². The molecule has 1 aromatic rings. The largest absolute Gasteiger partial charge is 0.315 e. The highest BCUT2D eigenvalue weighted by atomic mass is 35.5. The molecule has 1 fully saturated rings. The van der Waals surface area contributed by atoms with Crippen LogP contribution in [0.4, 0.5) is 0 Å². The molecule has 4 nitrogen and oxygen atoms in total. The van der Waals surface area contributed by atoms with Crippen molar-refractivity contribution in [1.82, 2.24) is 20.2 Å². The van der Waals surface area contributed by atoms with Gasteiger partial charge in [0.1, 0.15) is 5.15 Å². The second-order valence-electron chi connectivity index (χ2n) is 4.37. The zero-order chi connectivity index (χ0) is 12.3. The predicted octanol–water partition coefficient (Wildman–Crippen LogP) is 1.97. The van der Waals surface area contributed by atoms with Crippen LogP contribution in [0, 0.1) is 0 Å². The maximum atomic E-state index is 6.03. The molecule has 0 radical (unpaired) electrons. The Morgan fingerprint density at radius 1 is 1.53 bits per heavy atom. The molecular weight excluding hydrogens is 259 g/mol. The number of nitrogens with one attached hydrogen (secondary N) is 1. The van der Waals surface area contributed by atoms with Crippen molar-refractivity contribution in [1.29, 1.82) is 0 Å². The first-order valence-corrected chi connectivity index (χ1v) is 6.50. The molecule has 1 unspecified atom stereocenters. The van der Waals surface area contributed by atoms with Crippen LogP contribution >= 0.6 is 23.2 Å². The van der Waals surface area contributed by atoms with Gasteiger partial charge in [0.15, 0.2) is 0 Å². The van der Waals surface area contributed by atoms with Crippen LogP contribution in [-0.2, 0) is 6.54 Å². The van der Waals surface area contributed by atoms with Gasteiger partial charge in [0.2, 0.25) is 5.28 Å². The van der Waals surface area contributed by atoms with E-state index in [2.05, 4.69) is 27.2 Å². The van der Waals surface area contributed by atoms with Crippen molar-refractivity contribution < 1.29 is 0 Å². The number of aromatic nitrogens is 2. The van der Waals surface area contributed by atoms with Crippen molar-refractivity contribution in [2.24, 2.45) is 0 Å². The van der Waals surface area contributed by atoms with Crippen molar-refractivity contribution in [3.05, 3.63) is 22.2 Å². The van der Waals surface area contributed by atoms with Gasteiger partial charge in [-0.1, -0.05) is 11.6 Å². The van der Waals surface area contributed by atoms with E-state index in [9.17, 15) is 0 Å². The monoisotopic (exact) mass is 274 g/mol. The molecule has 1 aliphatic heterocycles. The smallest absolute Gasteiger partial charge is 0.223 e. The Bertz CT molecular complexity index is 380. The third-order valence-electron chi connectivity index (χ3n) is 3.10. The third-order valence-corrected chi connectivity index (χ3v) is 3.61. The number of halogens is 2. The number of nitrogens with zero attached hydrogens (tertiary/aromatic N) is 3. The summed E-state index contributed by atoms with van der Waals surface area (Å²) >= 11 is 11.7. The summed E-state index contributed by atoms with van der Waals surface area (Å²) in [6, 6.07) is 0.551. The van der Waals surface area contributed by atoms with E-state index in [1.807, 2.05) is 0 Å². The van der Waals surface area contributed by atoms with Crippen molar-refractivity contribution in [3.63, 3.8) is 0 Å². The molecule has 0 bridgehead atoms. The van der Waals surface area contributed by atoms with Crippen LogP contribution in [0.15, 0.2) is 6.20 Å². The molecule has 0 saturated carbocycles. The van der Waals surface area contributed by atoms with E-state index in [4.69, 9.17) is 23.2 Å². The summed E-state index contributed by atoms with van der Waals surface area (Å²) in [6.45, 7) is 2.90. The van der Waals surface area contributed by atoms with E-state index in [0.717, 1.165) is 25.2 Å². The fourth-order valence-corrected chi connectivity index (χ4v) is 2.44. The van der Waals surface area contributed by atoms with Crippen LogP contribution in [0.5, 0.6) is 0 Å². The van der Waals surface area contributed by atoms with E-state index in [1.54, 1.807) is 6.20 Å².